The maximum Gasteiger partial charge on any atom is 0.265 e. The molecule has 0 unspecified atom stereocenters. The van der Waals surface area contributed by atoms with Crippen molar-refractivity contribution in [2.45, 2.75) is 19.3 Å². The zero-order valence-corrected chi connectivity index (χ0v) is 14.0. The summed E-state index contributed by atoms with van der Waals surface area (Å²) in [7, 11) is 0. The molecule has 3 aromatic rings. The van der Waals surface area contributed by atoms with Crippen molar-refractivity contribution in [3.8, 4) is 11.5 Å². The average molecular weight is 340 g/mol. The molecule has 122 valence electrons. The first kappa shape index (κ1) is 15.0. The molecule has 1 saturated heterocycles. The van der Waals surface area contributed by atoms with Gasteiger partial charge in [0.1, 0.15) is 4.88 Å². The number of aromatic nitrogens is 3. The molecular formula is C17H16N4O2S. The summed E-state index contributed by atoms with van der Waals surface area (Å²) in [5, 5.41) is 4.11. The molecule has 1 amide bonds. The van der Waals surface area contributed by atoms with E-state index in [1.54, 1.807) is 5.51 Å². The molecule has 1 atom stereocenters. The van der Waals surface area contributed by atoms with Crippen molar-refractivity contribution in [2.75, 3.05) is 13.1 Å². The Bertz CT molecular complexity index is 858. The number of nitrogens with zero attached hydrogens (tertiary/aromatic N) is 4. The number of aryl methyl sites for hydroxylation is 1. The van der Waals surface area contributed by atoms with Crippen LogP contribution in [0.3, 0.4) is 0 Å². The number of likely N-dealkylation sites (tertiary alicyclic amines) is 1. The zero-order valence-electron chi connectivity index (χ0n) is 13.2. The van der Waals surface area contributed by atoms with Crippen LogP contribution < -0.4 is 0 Å². The minimum atomic E-state index is 0.0456. The van der Waals surface area contributed by atoms with Gasteiger partial charge in [-0.15, -0.1) is 11.3 Å². The zero-order chi connectivity index (χ0) is 16.5. The molecule has 1 aliphatic rings. The predicted molar refractivity (Wildman–Crippen MR) is 89.8 cm³/mol. The highest BCUT2D eigenvalue weighted by Gasteiger charge is 2.32. The van der Waals surface area contributed by atoms with Crippen LogP contribution in [0.4, 0.5) is 0 Å². The maximum atomic E-state index is 12.6. The fourth-order valence-electron chi connectivity index (χ4n) is 2.90. The molecule has 0 aliphatic carbocycles. The molecule has 0 bridgehead atoms. The Morgan fingerprint density at radius 3 is 2.92 bits per heavy atom. The fraction of sp³-hybridized carbons (Fsp3) is 0.294. The Morgan fingerprint density at radius 1 is 1.33 bits per heavy atom. The number of thiazole rings is 1. The molecule has 1 aromatic carbocycles. The van der Waals surface area contributed by atoms with Crippen LogP contribution in [0.25, 0.3) is 11.5 Å². The van der Waals surface area contributed by atoms with Gasteiger partial charge in [-0.05, 0) is 25.5 Å². The summed E-state index contributed by atoms with van der Waals surface area (Å²) in [6.45, 7) is 3.18. The normalized spacial score (nSPS) is 17.4. The van der Waals surface area contributed by atoms with Crippen molar-refractivity contribution in [2.24, 2.45) is 0 Å². The Balaban J connectivity index is 1.49. The Hall–Kier alpha value is -2.54. The van der Waals surface area contributed by atoms with Gasteiger partial charge in [-0.3, -0.25) is 4.79 Å². The number of amides is 1. The molecule has 6 nitrogen and oxygen atoms in total. The highest BCUT2D eigenvalue weighted by atomic mass is 32.1. The quantitative estimate of drug-likeness (QED) is 0.732. The SMILES string of the molecule is Cc1ncsc1C(=O)N1CC[C@@H](c2noc(-c3ccccc3)n2)C1. The van der Waals surface area contributed by atoms with Crippen molar-refractivity contribution in [3.63, 3.8) is 0 Å². The number of carbonyl (C=O) groups excluding carboxylic acids is 1. The lowest BCUT2D eigenvalue weighted by atomic mass is 10.1. The summed E-state index contributed by atoms with van der Waals surface area (Å²) < 4.78 is 5.38. The molecule has 0 saturated carbocycles. The number of rotatable bonds is 3. The minimum Gasteiger partial charge on any atom is -0.337 e. The van der Waals surface area contributed by atoms with E-state index < -0.39 is 0 Å². The van der Waals surface area contributed by atoms with Crippen LogP contribution in [0.2, 0.25) is 0 Å². The number of carbonyl (C=O) groups is 1. The van der Waals surface area contributed by atoms with Gasteiger partial charge in [0.25, 0.3) is 11.8 Å². The summed E-state index contributed by atoms with van der Waals surface area (Å²) in [6.07, 6.45) is 0.845. The van der Waals surface area contributed by atoms with E-state index in [1.165, 1.54) is 11.3 Å². The van der Waals surface area contributed by atoms with Gasteiger partial charge in [-0.2, -0.15) is 4.98 Å². The van der Waals surface area contributed by atoms with E-state index in [2.05, 4.69) is 15.1 Å². The van der Waals surface area contributed by atoms with Gasteiger partial charge >= 0.3 is 0 Å². The molecule has 3 heterocycles. The number of benzene rings is 1. The van der Waals surface area contributed by atoms with Gasteiger partial charge in [0.05, 0.1) is 11.2 Å². The van der Waals surface area contributed by atoms with Crippen LogP contribution >= 0.6 is 11.3 Å². The lowest BCUT2D eigenvalue weighted by Crippen LogP contribution is -2.28. The summed E-state index contributed by atoms with van der Waals surface area (Å²) in [5.41, 5.74) is 3.41. The van der Waals surface area contributed by atoms with E-state index >= 15 is 0 Å². The molecule has 0 radical (unpaired) electrons. The summed E-state index contributed by atoms with van der Waals surface area (Å²) in [6, 6.07) is 9.70. The Labute approximate surface area is 143 Å². The fourth-order valence-corrected chi connectivity index (χ4v) is 3.67. The van der Waals surface area contributed by atoms with Crippen LogP contribution in [0, 0.1) is 6.92 Å². The predicted octanol–water partition coefficient (Wildman–Crippen LogP) is 3.13. The van der Waals surface area contributed by atoms with Crippen molar-refractivity contribution in [1.29, 1.82) is 0 Å². The average Bonchev–Trinajstić information content (AvgIpc) is 3.35. The number of hydrogen-bond acceptors (Lipinski definition) is 6. The topological polar surface area (TPSA) is 72.1 Å². The third-order valence-electron chi connectivity index (χ3n) is 4.24. The van der Waals surface area contributed by atoms with Gasteiger partial charge in [0.2, 0.25) is 0 Å². The molecule has 4 rings (SSSR count). The molecule has 0 spiro atoms. The standard InChI is InChI=1S/C17H16N4O2S/c1-11-14(24-10-18-11)17(22)21-8-7-13(9-21)15-19-16(23-20-15)12-5-3-2-4-6-12/h2-6,10,13H,7-9H2,1H3/t13-/m1/s1. The largest absolute Gasteiger partial charge is 0.337 e. The third-order valence-corrected chi connectivity index (χ3v) is 5.16. The lowest BCUT2D eigenvalue weighted by molar-refractivity contribution is 0.0794. The second kappa shape index (κ2) is 6.16. The van der Waals surface area contributed by atoms with Crippen LogP contribution in [0.1, 0.15) is 33.5 Å². The van der Waals surface area contributed by atoms with Gasteiger partial charge in [0.15, 0.2) is 5.82 Å². The van der Waals surface area contributed by atoms with Gasteiger partial charge < -0.3 is 9.42 Å². The van der Waals surface area contributed by atoms with E-state index in [4.69, 9.17) is 4.52 Å². The minimum absolute atomic E-state index is 0.0456. The van der Waals surface area contributed by atoms with E-state index in [-0.39, 0.29) is 11.8 Å². The molecule has 7 heteroatoms. The monoisotopic (exact) mass is 340 g/mol. The van der Waals surface area contributed by atoms with Crippen LogP contribution in [0.15, 0.2) is 40.4 Å². The molecule has 2 aromatic heterocycles. The molecule has 1 aliphatic heterocycles. The Kier molecular flexibility index (Phi) is 3.86. The number of hydrogen-bond donors (Lipinski definition) is 0. The first-order valence-electron chi connectivity index (χ1n) is 7.81. The second-order valence-corrected chi connectivity index (χ2v) is 6.68. The maximum absolute atomic E-state index is 12.6. The van der Waals surface area contributed by atoms with Crippen LogP contribution in [0.5, 0.6) is 0 Å². The van der Waals surface area contributed by atoms with E-state index in [9.17, 15) is 4.79 Å². The van der Waals surface area contributed by atoms with Gasteiger partial charge in [-0.25, -0.2) is 4.98 Å². The summed E-state index contributed by atoms with van der Waals surface area (Å²) in [5.74, 6) is 1.35. The summed E-state index contributed by atoms with van der Waals surface area (Å²) in [4.78, 5) is 23.8. The van der Waals surface area contributed by atoms with Gasteiger partial charge in [-0.1, -0.05) is 23.4 Å². The Morgan fingerprint density at radius 2 is 2.17 bits per heavy atom. The second-order valence-electron chi connectivity index (χ2n) is 5.83. The highest BCUT2D eigenvalue weighted by molar-refractivity contribution is 7.11. The van der Waals surface area contributed by atoms with Crippen molar-refractivity contribution >= 4 is 17.2 Å². The van der Waals surface area contributed by atoms with Gasteiger partial charge in [0, 0.05) is 24.6 Å². The smallest absolute Gasteiger partial charge is 0.265 e. The van der Waals surface area contributed by atoms with Crippen molar-refractivity contribution in [3.05, 3.63) is 52.2 Å². The van der Waals surface area contributed by atoms with Crippen LogP contribution in [-0.4, -0.2) is 39.0 Å². The molecule has 1 fully saturated rings. The van der Waals surface area contributed by atoms with E-state index in [0.29, 0.717) is 29.7 Å². The van der Waals surface area contributed by atoms with Crippen molar-refractivity contribution < 1.29 is 9.32 Å². The van der Waals surface area contributed by atoms with Crippen molar-refractivity contribution in [1.82, 2.24) is 20.0 Å². The molecule has 0 N–H and O–H groups in total. The molecule has 24 heavy (non-hydrogen) atoms. The molecular weight excluding hydrogens is 324 g/mol. The van der Waals surface area contributed by atoms with Crippen LogP contribution in [-0.2, 0) is 0 Å². The third kappa shape index (κ3) is 2.71. The highest BCUT2D eigenvalue weighted by Crippen LogP contribution is 2.29. The van der Waals surface area contributed by atoms with E-state index in [1.807, 2.05) is 42.2 Å². The lowest BCUT2D eigenvalue weighted by Gasteiger charge is -2.14. The van der Waals surface area contributed by atoms with E-state index in [0.717, 1.165) is 17.7 Å². The summed E-state index contributed by atoms with van der Waals surface area (Å²) >= 11 is 1.39. The first-order chi connectivity index (χ1) is 11.7. The first-order valence-corrected chi connectivity index (χ1v) is 8.68.